The quantitative estimate of drug-likeness (QED) is 0.411. The molecule has 0 heteroatoms. The van der Waals surface area contributed by atoms with E-state index in [0.717, 1.165) is 19.3 Å². The topological polar surface area (TPSA) is 0 Å². The van der Waals surface area contributed by atoms with E-state index in [1.165, 1.54) is 27.8 Å². The number of benzene rings is 2. The number of hydrogen-bond donors (Lipinski definition) is 0. The molecule has 23 heavy (non-hydrogen) atoms. The molecule has 0 spiro atoms. The summed E-state index contributed by atoms with van der Waals surface area (Å²) in [5.41, 5.74) is 6.30. The SMILES string of the molecule is C=CCc1ccc(/C=C/c2cc(CC=C)cc(CC=C)c2)cc1. The zero-order valence-electron chi connectivity index (χ0n) is 13.7. The van der Waals surface area contributed by atoms with Gasteiger partial charge in [0.05, 0.1) is 0 Å². The van der Waals surface area contributed by atoms with Crippen molar-refractivity contribution in [2.24, 2.45) is 0 Å². The van der Waals surface area contributed by atoms with Gasteiger partial charge in [0.15, 0.2) is 0 Å². The second-order valence-corrected chi connectivity index (χ2v) is 5.64. The molecule has 0 nitrogen and oxygen atoms in total. The summed E-state index contributed by atoms with van der Waals surface area (Å²) in [4.78, 5) is 0. The van der Waals surface area contributed by atoms with Crippen LogP contribution in [0.2, 0.25) is 0 Å². The van der Waals surface area contributed by atoms with Crippen molar-refractivity contribution in [2.75, 3.05) is 0 Å². The first-order valence-corrected chi connectivity index (χ1v) is 7.97. The first kappa shape index (κ1) is 16.8. The molecule has 2 aromatic carbocycles. The van der Waals surface area contributed by atoms with Gasteiger partial charge in [0.2, 0.25) is 0 Å². The van der Waals surface area contributed by atoms with Gasteiger partial charge in [-0.3, -0.25) is 0 Å². The Morgan fingerprint density at radius 1 is 0.565 bits per heavy atom. The van der Waals surface area contributed by atoms with E-state index in [9.17, 15) is 0 Å². The van der Waals surface area contributed by atoms with E-state index in [1.54, 1.807) is 0 Å². The average molecular weight is 300 g/mol. The first-order chi connectivity index (χ1) is 11.2. The Kier molecular flexibility index (Phi) is 6.38. The van der Waals surface area contributed by atoms with Gasteiger partial charge in [-0.2, -0.15) is 0 Å². The molecule has 0 bridgehead atoms. The summed E-state index contributed by atoms with van der Waals surface area (Å²) in [6.45, 7) is 11.4. The standard InChI is InChI=1S/C23H24/c1-4-7-19-10-12-20(13-11-19)14-15-23-17-21(8-5-2)16-22(18-23)9-6-3/h4-6,10-18H,1-3,7-9H2/b15-14+. The highest BCUT2D eigenvalue weighted by Crippen LogP contribution is 2.16. The van der Waals surface area contributed by atoms with Crippen LogP contribution in [0.25, 0.3) is 12.2 Å². The molecule has 0 radical (unpaired) electrons. The molecule has 0 saturated carbocycles. The van der Waals surface area contributed by atoms with Crippen LogP contribution in [0.15, 0.2) is 80.4 Å². The predicted octanol–water partition coefficient (Wildman–Crippen LogP) is 6.04. The van der Waals surface area contributed by atoms with Crippen LogP contribution in [0.3, 0.4) is 0 Å². The lowest BCUT2D eigenvalue weighted by Gasteiger charge is -2.05. The molecule has 116 valence electrons. The number of rotatable bonds is 8. The smallest absolute Gasteiger partial charge is 0.00998 e. The van der Waals surface area contributed by atoms with Crippen LogP contribution in [0.5, 0.6) is 0 Å². The second kappa shape index (κ2) is 8.75. The fraction of sp³-hybridized carbons (Fsp3) is 0.130. The van der Waals surface area contributed by atoms with E-state index in [2.05, 4.69) is 74.4 Å². The third kappa shape index (κ3) is 5.27. The number of hydrogen-bond acceptors (Lipinski definition) is 0. The van der Waals surface area contributed by atoms with E-state index in [0.29, 0.717) is 0 Å². The van der Waals surface area contributed by atoms with Crippen molar-refractivity contribution < 1.29 is 0 Å². The molecule has 2 aromatic rings. The maximum absolute atomic E-state index is 3.83. The molecule has 0 heterocycles. The molecule has 0 aromatic heterocycles. The van der Waals surface area contributed by atoms with Crippen LogP contribution in [0.4, 0.5) is 0 Å². The summed E-state index contributed by atoms with van der Waals surface area (Å²) in [5.74, 6) is 0. The van der Waals surface area contributed by atoms with Crippen LogP contribution < -0.4 is 0 Å². The molecule has 0 aliphatic rings. The predicted molar refractivity (Wildman–Crippen MR) is 104 cm³/mol. The molecule has 0 fully saturated rings. The molecule has 2 rings (SSSR count). The molecule has 0 atom stereocenters. The van der Waals surface area contributed by atoms with Gasteiger partial charge >= 0.3 is 0 Å². The van der Waals surface area contributed by atoms with E-state index in [4.69, 9.17) is 0 Å². The first-order valence-electron chi connectivity index (χ1n) is 7.97. The van der Waals surface area contributed by atoms with Crippen LogP contribution in [0, 0.1) is 0 Å². The third-order valence-electron chi connectivity index (χ3n) is 3.66. The molecular weight excluding hydrogens is 276 g/mol. The maximum atomic E-state index is 3.83. The Bertz CT molecular complexity index is 671. The Balaban J connectivity index is 2.21. The summed E-state index contributed by atoms with van der Waals surface area (Å²) in [6.07, 6.45) is 12.8. The summed E-state index contributed by atoms with van der Waals surface area (Å²) >= 11 is 0. The van der Waals surface area contributed by atoms with Gasteiger partial charge in [0.1, 0.15) is 0 Å². The molecular formula is C23H24. The van der Waals surface area contributed by atoms with Gasteiger partial charge in [0.25, 0.3) is 0 Å². The van der Waals surface area contributed by atoms with Crippen LogP contribution in [-0.4, -0.2) is 0 Å². The summed E-state index contributed by atoms with van der Waals surface area (Å²) < 4.78 is 0. The number of allylic oxidation sites excluding steroid dienone is 3. The van der Waals surface area contributed by atoms with Crippen LogP contribution in [-0.2, 0) is 19.3 Å². The van der Waals surface area contributed by atoms with Gasteiger partial charge in [-0.1, -0.05) is 72.8 Å². The zero-order chi connectivity index (χ0) is 16.5. The fourth-order valence-electron chi connectivity index (χ4n) is 2.58. The average Bonchev–Trinajstić information content (AvgIpc) is 2.55. The van der Waals surface area contributed by atoms with E-state index >= 15 is 0 Å². The maximum Gasteiger partial charge on any atom is -0.00998 e. The van der Waals surface area contributed by atoms with Crippen molar-refractivity contribution in [1.29, 1.82) is 0 Å². The lowest BCUT2D eigenvalue weighted by molar-refractivity contribution is 1.20. The summed E-state index contributed by atoms with van der Waals surface area (Å²) in [5, 5.41) is 0. The molecule has 0 saturated heterocycles. The lowest BCUT2D eigenvalue weighted by Crippen LogP contribution is -1.89. The van der Waals surface area contributed by atoms with E-state index in [-0.39, 0.29) is 0 Å². The minimum atomic E-state index is 0.891. The van der Waals surface area contributed by atoms with Crippen molar-refractivity contribution in [1.82, 2.24) is 0 Å². The van der Waals surface area contributed by atoms with Crippen LogP contribution in [0.1, 0.15) is 27.8 Å². The van der Waals surface area contributed by atoms with Crippen molar-refractivity contribution in [3.63, 3.8) is 0 Å². The van der Waals surface area contributed by atoms with Crippen molar-refractivity contribution in [2.45, 2.75) is 19.3 Å². The van der Waals surface area contributed by atoms with E-state index < -0.39 is 0 Å². The summed E-state index contributed by atoms with van der Waals surface area (Å²) in [7, 11) is 0. The minimum Gasteiger partial charge on any atom is -0.103 e. The van der Waals surface area contributed by atoms with Crippen molar-refractivity contribution in [3.8, 4) is 0 Å². The fourth-order valence-corrected chi connectivity index (χ4v) is 2.58. The largest absolute Gasteiger partial charge is 0.103 e. The van der Waals surface area contributed by atoms with Gasteiger partial charge in [-0.15, -0.1) is 19.7 Å². The molecule has 0 aliphatic carbocycles. The highest BCUT2D eigenvalue weighted by atomic mass is 14.0. The zero-order valence-corrected chi connectivity index (χ0v) is 13.7. The molecule has 0 unspecified atom stereocenters. The Labute approximate surface area is 140 Å². The van der Waals surface area contributed by atoms with E-state index in [1.807, 2.05) is 18.2 Å². The van der Waals surface area contributed by atoms with Crippen LogP contribution >= 0.6 is 0 Å². The lowest BCUT2D eigenvalue weighted by atomic mass is 10.0. The normalized spacial score (nSPS) is 10.6. The van der Waals surface area contributed by atoms with Crippen molar-refractivity contribution in [3.05, 3.63) is 108 Å². The second-order valence-electron chi connectivity index (χ2n) is 5.64. The Hall–Kier alpha value is -2.60. The minimum absolute atomic E-state index is 0.891. The van der Waals surface area contributed by atoms with Crippen molar-refractivity contribution >= 4 is 12.2 Å². The Morgan fingerprint density at radius 2 is 1.04 bits per heavy atom. The van der Waals surface area contributed by atoms with Gasteiger partial charge in [-0.05, 0) is 47.1 Å². The molecule has 0 aliphatic heterocycles. The van der Waals surface area contributed by atoms with Gasteiger partial charge in [0, 0.05) is 0 Å². The monoisotopic (exact) mass is 300 g/mol. The molecule has 0 N–H and O–H groups in total. The summed E-state index contributed by atoms with van der Waals surface area (Å²) in [6, 6.07) is 15.3. The third-order valence-corrected chi connectivity index (χ3v) is 3.66. The van der Waals surface area contributed by atoms with Gasteiger partial charge < -0.3 is 0 Å². The highest BCUT2D eigenvalue weighted by Gasteiger charge is 1.98. The molecule has 0 amide bonds. The Morgan fingerprint density at radius 3 is 1.57 bits per heavy atom. The van der Waals surface area contributed by atoms with Gasteiger partial charge in [-0.25, -0.2) is 0 Å². The highest BCUT2D eigenvalue weighted by molar-refractivity contribution is 5.70.